The number of amides is 1. The molecule has 1 amide bonds. The zero-order valence-corrected chi connectivity index (χ0v) is 14.6. The van der Waals surface area contributed by atoms with Crippen LogP contribution >= 0.6 is 11.8 Å². The number of unbranched alkanes of at least 4 members (excludes halogenated alkanes) is 6. The van der Waals surface area contributed by atoms with Gasteiger partial charge in [0.1, 0.15) is 5.37 Å². The first-order valence-corrected chi connectivity index (χ1v) is 9.50. The number of nitrogens with zero attached hydrogens (tertiary/aromatic N) is 2. The van der Waals surface area contributed by atoms with Gasteiger partial charge in [-0.1, -0.05) is 57.9 Å². The van der Waals surface area contributed by atoms with E-state index in [4.69, 9.17) is 0 Å². The van der Waals surface area contributed by atoms with E-state index in [-0.39, 0.29) is 16.5 Å². The Bertz CT molecular complexity index is 452. The fraction of sp³-hybridized carbons (Fsp3) is 0.667. The van der Waals surface area contributed by atoms with Crippen LogP contribution in [0.5, 0.6) is 0 Å². The smallest absolute Gasteiger partial charge is 0.236 e. The lowest BCUT2D eigenvalue weighted by Gasteiger charge is -2.18. The van der Waals surface area contributed by atoms with Crippen LogP contribution in [0.4, 0.5) is 0 Å². The molecule has 0 aliphatic carbocycles. The molecular weight excluding hydrogens is 292 g/mol. The zero-order chi connectivity index (χ0) is 15.8. The Balaban J connectivity index is 1.73. The summed E-state index contributed by atoms with van der Waals surface area (Å²) in [6.45, 7) is 2.25. The highest BCUT2D eigenvalue weighted by atomic mass is 32.2. The molecular formula is C18H28N2OS. The molecule has 0 unspecified atom stereocenters. The monoisotopic (exact) mass is 320 g/mol. The predicted octanol–water partition coefficient (Wildman–Crippen LogP) is 4.79. The maximum Gasteiger partial charge on any atom is 0.236 e. The van der Waals surface area contributed by atoms with E-state index >= 15 is 0 Å². The van der Waals surface area contributed by atoms with E-state index in [9.17, 15) is 4.79 Å². The van der Waals surface area contributed by atoms with Gasteiger partial charge in [-0.05, 0) is 12.5 Å². The van der Waals surface area contributed by atoms with Crippen molar-refractivity contribution in [3.63, 3.8) is 0 Å². The van der Waals surface area contributed by atoms with Crippen LogP contribution in [-0.2, 0) is 4.79 Å². The van der Waals surface area contributed by atoms with Crippen LogP contribution in [0.1, 0.15) is 69.2 Å². The molecule has 0 N–H and O–H groups in total. The molecule has 2 heterocycles. The van der Waals surface area contributed by atoms with Crippen LogP contribution < -0.4 is 0 Å². The van der Waals surface area contributed by atoms with E-state index < -0.39 is 0 Å². The summed E-state index contributed by atoms with van der Waals surface area (Å²) in [7, 11) is 1.91. The minimum Gasteiger partial charge on any atom is -0.329 e. The first-order valence-electron chi connectivity index (χ1n) is 8.56. The topological polar surface area (TPSA) is 33.2 Å². The second kappa shape index (κ2) is 9.19. The quantitative estimate of drug-likeness (QED) is 0.613. The van der Waals surface area contributed by atoms with E-state index in [1.807, 2.05) is 24.2 Å². The lowest BCUT2D eigenvalue weighted by atomic mass is 10.1. The van der Waals surface area contributed by atoms with Gasteiger partial charge in [-0.15, -0.1) is 11.8 Å². The molecule has 0 aromatic carbocycles. The standard InChI is InChI=1S/C18H28N2OS/c1-3-4-5-6-7-8-9-12-16-17(21)20(2)18(22-16)15-11-10-13-19-14-15/h10-11,13-14,16,18H,3-9,12H2,1-2H3/t16-,18-/m0/s1. The van der Waals surface area contributed by atoms with Crippen molar-refractivity contribution in [1.29, 1.82) is 0 Å². The Kier molecular flexibility index (Phi) is 7.23. The minimum absolute atomic E-state index is 0.130. The average molecular weight is 321 g/mol. The van der Waals surface area contributed by atoms with Gasteiger partial charge in [-0.2, -0.15) is 0 Å². The van der Waals surface area contributed by atoms with Crippen LogP contribution in [0.3, 0.4) is 0 Å². The van der Waals surface area contributed by atoms with Gasteiger partial charge in [0.2, 0.25) is 5.91 Å². The number of pyridine rings is 1. The molecule has 2 atom stereocenters. The maximum atomic E-state index is 12.4. The summed E-state index contributed by atoms with van der Waals surface area (Å²) in [5.74, 6) is 0.282. The molecule has 4 heteroatoms. The van der Waals surface area contributed by atoms with Gasteiger partial charge in [0.25, 0.3) is 0 Å². The number of carbonyl (C=O) groups is 1. The van der Waals surface area contributed by atoms with E-state index in [1.165, 1.54) is 44.9 Å². The van der Waals surface area contributed by atoms with Crippen LogP contribution in [0.2, 0.25) is 0 Å². The lowest BCUT2D eigenvalue weighted by Crippen LogP contribution is -2.27. The Labute approximate surface area is 138 Å². The number of carbonyl (C=O) groups excluding carboxylic acids is 1. The van der Waals surface area contributed by atoms with E-state index in [0.29, 0.717) is 0 Å². The third kappa shape index (κ3) is 4.73. The molecule has 3 nitrogen and oxygen atoms in total. The van der Waals surface area contributed by atoms with E-state index in [0.717, 1.165) is 12.0 Å². The highest BCUT2D eigenvalue weighted by Crippen LogP contribution is 2.43. The van der Waals surface area contributed by atoms with Crippen molar-refractivity contribution < 1.29 is 4.79 Å². The van der Waals surface area contributed by atoms with Crippen LogP contribution in [0.25, 0.3) is 0 Å². The average Bonchev–Trinajstić information content (AvgIpc) is 2.83. The molecule has 1 saturated heterocycles. The number of aromatic nitrogens is 1. The first-order chi connectivity index (χ1) is 10.7. The summed E-state index contributed by atoms with van der Waals surface area (Å²) >= 11 is 1.79. The predicted molar refractivity (Wildman–Crippen MR) is 93.7 cm³/mol. The summed E-state index contributed by atoms with van der Waals surface area (Å²) in [5.41, 5.74) is 1.13. The summed E-state index contributed by atoms with van der Waals surface area (Å²) < 4.78 is 0. The van der Waals surface area contributed by atoms with Crippen molar-refractivity contribution in [3.8, 4) is 0 Å². The van der Waals surface area contributed by atoms with Crippen molar-refractivity contribution in [1.82, 2.24) is 9.88 Å². The molecule has 1 aliphatic rings. The second-order valence-corrected chi connectivity index (χ2v) is 7.41. The van der Waals surface area contributed by atoms with Crippen molar-refractivity contribution in [3.05, 3.63) is 30.1 Å². The van der Waals surface area contributed by atoms with Crippen molar-refractivity contribution >= 4 is 17.7 Å². The van der Waals surface area contributed by atoms with Gasteiger partial charge in [0.15, 0.2) is 0 Å². The summed E-state index contributed by atoms with van der Waals surface area (Å²) in [6.07, 6.45) is 13.8. The normalized spacial score (nSPS) is 21.5. The SMILES string of the molecule is CCCCCCCCC[C@@H]1S[C@@H](c2cccnc2)N(C)C1=O. The van der Waals surface area contributed by atoms with Gasteiger partial charge < -0.3 is 4.90 Å². The Morgan fingerprint density at radius 2 is 1.91 bits per heavy atom. The third-order valence-electron chi connectivity index (χ3n) is 4.31. The Hall–Kier alpha value is -1.03. The van der Waals surface area contributed by atoms with Crippen LogP contribution in [0, 0.1) is 0 Å². The summed E-state index contributed by atoms with van der Waals surface area (Å²) in [6, 6.07) is 4.00. The Morgan fingerprint density at radius 3 is 2.59 bits per heavy atom. The molecule has 1 fully saturated rings. The maximum absolute atomic E-state index is 12.4. The zero-order valence-electron chi connectivity index (χ0n) is 13.8. The summed E-state index contributed by atoms with van der Waals surface area (Å²) in [5, 5.41) is 0.265. The molecule has 1 aromatic heterocycles. The van der Waals surface area contributed by atoms with Crippen molar-refractivity contribution in [2.45, 2.75) is 68.9 Å². The molecule has 0 bridgehead atoms. The molecule has 122 valence electrons. The molecule has 0 radical (unpaired) electrons. The number of hydrogen-bond acceptors (Lipinski definition) is 3. The highest BCUT2D eigenvalue weighted by molar-refractivity contribution is 8.01. The van der Waals surface area contributed by atoms with E-state index in [1.54, 1.807) is 18.0 Å². The third-order valence-corrected chi connectivity index (χ3v) is 5.92. The fourth-order valence-corrected chi connectivity index (χ4v) is 4.43. The van der Waals surface area contributed by atoms with Gasteiger partial charge in [-0.3, -0.25) is 9.78 Å². The van der Waals surface area contributed by atoms with Gasteiger partial charge >= 0.3 is 0 Å². The van der Waals surface area contributed by atoms with Crippen molar-refractivity contribution in [2.75, 3.05) is 7.05 Å². The van der Waals surface area contributed by atoms with Gasteiger partial charge in [-0.25, -0.2) is 0 Å². The molecule has 1 aromatic rings. The highest BCUT2D eigenvalue weighted by Gasteiger charge is 2.38. The van der Waals surface area contributed by atoms with Crippen LogP contribution in [0.15, 0.2) is 24.5 Å². The van der Waals surface area contributed by atoms with Gasteiger partial charge in [0.05, 0.1) is 5.25 Å². The van der Waals surface area contributed by atoms with E-state index in [2.05, 4.69) is 18.0 Å². The number of rotatable bonds is 9. The fourth-order valence-electron chi connectivity index (χ4n) is 2.95. The second-order valence-electron chi connectivity index (χ2n) is 6.12. The van der Waals surface area contributed by atoms with Crippen molar-refractivity contribution in [2.24, 2.45) is 0 Å². The van der Waals surface area contributed by atoms with Gasteiger partial charge in [0, 0.05) is 25.0 Å². The number of hydrogen-bond donors (Lipinski definition) is 0. The summed E-state index contributed by atoms with van der Waals surface area (Å²) in [4.78, 5) is 18.4. The first kappa shape index (κ1) is 17.3. The minimum atomic E-state index is 0.130. The molecule has 0 saturated carbocycles. The molecule has 22 heavy (non-hydrogen) atoms. The lowest BCUT2D eigenvalue weighted by molar-refractivity contribution is -0.128. The molecule has 1 aliphatic heterocycles. The van der Waals surface area contributed by atoms with Crippen LogP contribution in [-0.4, -0.2) is 28.1 Å². The molecule has 2 rings (SSSR count). The largest absolute Gasteiger partial charge is 0.329 e. The Morgan fingerprint density at radius 1 is 1.18 bits per heavy atom. The molecule has 0 spiro atoms. The number of thioether (sulfide) groups is 1.